The van der Waals surface area contributed by atoms with Gasteiger partial charge in [0.05, 0.1) is 14.2 Å². The number of imidazole rings is 1. The van der Waals surface area contributed by atoms with Crippen LogP contribution in [-0.2, 0) is 7.05 Å². The van der Waals surface area contributed by atoms with Crippen LogP contribution in [0.2, 0.25) is 0 Å². The smallest absolute Gasteiger partial charge is 0.255 e. The lowest BCUT2D eigenvalue weighted by atomic mass is 10.1. The van der Waals surface area contributed by atoms with Crippen LogP contribution in [0.25, 0.3) is 22.6 Å². The monoisotopic (exact) mass is 388 g/mol. The average molecular weight is 388 g/mol. The highest BCUT2D eigenvalue weighted by Crippen LogP contribution is 2.27. The number of carbonyl (C=O) groups excluding carboxylic acids is 1. The third-order valence-corrected chi connectivity index (χ3v) is 4.62. The molecule has 29 heavy (non-hydrogen) atoms. The molecule has 0 aliphatic heterocycles. The molecule has 2 heterocycles. The van der Waals surface area contributed by atoms with Gasteiger partial charge in [0, 0.05) is 48.3 Å². The maximum atomic E-state index is 12.8. The van der Waals surface area contributed by atoms with Crippen LogP contribution in [0.4, 0.5) is 5.69 Å². The molecule has 0 aliphatic carbocycles. The first-order chi connectivity index (χ1) is 14.1. The van der Waals surface area contributed by atoms with E-state index in [4.69, 9.17) is 9.47 Å². The summed E-state index contributed by atoms with van der Waals surface area (Å²) in [5, 5.41) is 2.89. The Labute approximate surface area is 167 Å². The molecule has 2 aromatic carbocycles. The molecule has 7 nitrogen and oxygen atoms in total. The second-order valence-corrected chi connectivity index (χ2v) is 6.48. The zero-order valence-corrected chi connectivity index (χ0v) is 16.3. The van der Waals surface area contributed by atoms with Gasteiger partial charge in [-0.3, -0.25) is 4.79 Å². The van der Waals surface area contributed by atoms with Gasteiger partial charge in [0.25, 0.3) is 5.91 Å². The van der Waals surface area contributed by atoms with Crippen LogP contribution >= 0.6 is 0 Å². The number of rotatable bonds is 5. The van der Waals surface area contributed by atoms with Crippen LogP contribution in [0, 0.1) is 0 Å². The first kappa shape index (κ1) is 18.5. The van der Waals surface area contributed by atoms with Crippen molar-refractivity contribution in [2.45, 2.75) is 0 Å². The minimum atomic E-state index is -0.237. The first-order valence-electron chi connectivity index (χ1n) is 9.01. The summed E-state index contributed by atoms with van der Waals surface area (Å²) in [5.41, 5.74) is 3.54. The summed E-state index contributed by atoms with van der Waals surface area (Å²) in [4.78, 5) is 21.8. The lowest BCUT2D eigenvalue weighted by Crippen LogP contribution is -2.12. The molecule has 7 heteroatoms. The number of amides is 1. The van der Waals surface area contributed by atoms with Crippen molar-refractivity contribution in [1.29, 1.82) is 0 Å². The maximum absolute atomic E-state index is 12.8. The van der Waals surface area contributed by atoms with Crippen LogP contribution in [-0.4, -0.2) is 34.7 Å². The Bertz CT molecular complexity index is 1180. The number of benzene rings is 2. The first-order valence-corrected chi connectivity index (χ1v) is 9.01. The van der Waals surface area contributed by atoms with E-state index < -0.39 is 0 Å². The van der Waals surface area contributed by atoms with E-state index in [1.807, 2.05) is 41.9 Å². The molecule has 0 saturated carbocycles. The number of methoxy groups -OCH3 is 2. The van der Waals surface area contributed by atoms with Crippen LogP contribution in [0.1, 0.15) is 10.4 Å². The van der Waals surface area contributed by atoms with Crippen molar-refractivity contribution in [3.63, 3.8) is 0 Å². The number of fused-ring (bicyclic) bond motifs is 1. The molecule has 0 fully saturated rings. The molecular weight excluding hydrogens is 368 g/mol. The van der Waals surface area contributed by atoms with E-state index in [0.29, 0.717) is 22.7 Å². The Morgan fingerprint density at radius 1 is 1.00 bits per heavy atom. The highest BCUT2D eigenvalue weighted by atomic mass is 16.5. The van der Waals surface area contributed by atoms with Gasteiger partial charge in [0.2, 0.25) is 0 Å². The molecule has 4 rings (SSSR count). The number of aryl methyl sites for hydroxylation is 1. The summed E-state index contributed by atoms with van der Waals surface area (Å²) in [6.07, 6.45) is 1.74. The van der Waals surface area contributed by atoms with Crippen LogP contribution in [0.15, 0.2) is 60.8 Å². The summed E-state index contributed by atoms with van der Waals surface area (Å²) in [6, 6.07) is 16.3. The lowest BCUT2D eigenvalue weighted by molar-refractivity contribution is 0.102. The SMILES string of the molecule is COc1cc(NC(=O)c2cccc(-c3nc4cccnc4n3C)c2)cc(OC)c1. The molecular formula is C22H20N4O3. The van der Waals surface area contributed by atoms with Crippen molar-refractivity contribution in [2.24, 2.45) is 7.05 Å². The Kier molecular flexibility index (Phi) is 4.87. The molecule has 0 spiro atoms. The Balaban J connectivity index is 1.65. The van der Waals surface area contributed by atoms with Gasteiger partial charge in [0.15, 0.2) is 5.65 Å². The highest BCUT2D eigenvalue weighted by Gasteiger charge is 2.14. The summed E-state index contributed by atoms with van der Waals surface area (Å²) >= 11 is 0. The number of pyridine rings is 1. The fourth-order valence-corrected chi connectivity index (χ4v) is 3.16. The van der Waals surface area contributed by atoms with E-state index in [-0.39, 0.29) is 5.91 Å². The van der Waals surface area contributed by atoms with Crippen LogP contribution in [0.3, 0.4) is 0 Å². The van der Waals surface area contributed by atoms with E-state index in [2.05, 4.69) is 15.3 Å². The molecule has 146 valence electrons. The van der Waals surface area contributed by atoms with Gasteiger partial charge in [-0.1, -0.05) is 12.1 Å². The minimum Gasteiger partial charge on any atom is -0.497 e. The second-order valence-electron chi connectivity index (χ2n) is 6.48. The molecule has 0 unspecified atom stereocenters. The van der Waals surface area contributed by atoms with Crippen molar-refractivity contribution in [2.75, 3.05) is 19.5 Å². The quantitative estimate of drug-likeness (QED) is 0.561. The predicted molar refractivity (Wildman–Crippen MR) is 111 cm³/mol. The molecule has 1 N–H and O–H groups in total. The highest BCUT2D eigenvalue weighted by molar-refractivity contribution is 6.05. The number of aromatic nitrogens is 3. The normalized spacial score (nSPS) is 10.7. The second kappa shape index (κ2) is 7.63. The summed E-state index contributed by atoms with van der Waals surface area (Å²) in [7, 11) is 5.04. The van der Waals surface area contributed by atoms with E-state index in [1.165, 1.54) is 0 Å². The molecule has 0 bridgehead atoms. The van der Waals surface area contributed by atoms with E-state index >= 15 is 0 Å². The van der Waals surface area contributed by atoms with Gasteiger partial charge < -0.3 is 19.4 Å². The zero-order chi connectivity index (χ0) is 20.4. The molecule has 2 aromatic heterocycles. The minimum absolute atomic E-state index is 0.237. The number of nitrogens with one attached hydrogen (secondary N) is 1. The van der Waals surface area contributed by atoms with Gasteiger partial charge in [-0.25, -0.2) is 9.97 Å². The molecule has 0 atom stereocenters. The molecule has 4 aromatic rings. The van der Waals surface area contributed by atoms with Crippen LogP contribution < -0.4 is 14.8 Å². The zero-order valence-electron chi connectivity index (χ0n) is 16.3. The molecule has 1 amide bonds. The number of ether oxygens (including phenoxy) is 2. The maximum Gasteiger partial charge on any atom is 0.255 e. The van der Waals surface area contributed by atoms with Crippen molar-refractivity contribution >= 4 is 22.8 Å². The standard InChI is InChI=1S/C22H20N4O3/c1-26-20(25-19-8-5-9-23-21(19)26)14-6-4-7-15(10-14)22(27)24-16-11-17(28-2)13-18(12-16)29-3/h4-13H,1-3H3,(H,24,27). The van der Waals surface area contributed by atoms with Gasteiger partial charge in [-0.2, -0.15) is 0 Å². The van der Waals surface area contributed by atoms with Gasteiger partial charge in [-0.15, -0.1) is 0 Å². The Morgan fingerprint density at radius 3 is 2.45 bits per heavy atom. The van der Waals surface area contributed by atoms with Gasteiger partial charge in [0.1, 0.15) is 22.8 Å². The number of carbonyl (C=O) groups is 1. The number of hydrogen-bond acceptors (Lipinski definition) is 5. The van der Waals surface area contributed by atoms with Crippen molar-refractivity contribution < 1.29 is 14.3 Å². The topological polar surface area (TPSA) is 78.3 Å². The van der Waals surface area contributed by atoms with Crippen molar-refractivity contribution in [1.82, 2.24) is 14.5 Å². The summed E-state index contributed by atoms with van der Waals surface area (Å²) in [5.74, 6) is 1.71. The third-order valence-electron chi connectivity index (χ3n) is 4.62. The largest absolute Gasteiger partial charge is 0.497 e. The fourth-order valence-electron chi connectivity index (χ4n) is 3.16. The summed E-state index contributed by atoms with van der Waals surface area (Å²) in [6.45, 7) is 0. The van der Waals surface area contributed by atoms with E-state index in [0.717, 1.165) is 22.6 Å². The number of hydrogen-bond donors (Lipinski definition) is 1. The van der Waals surface area contributed by atoms with Crippen LogP contribution in [0.5, 0.6) is 11.5 Å². The Morgan fingerprint density at radius 2 is 1.76 bits per heavy atom. The van der Waals surface area contributed by atoms with Gasteiger partial charge in [-0.05, 0) is 24.3 Å². The van der Waals surface area contributed by atoms with Gasteiger partial charge >= 0.3 is 0 Å². The van der Waals surface area contributed by atoms with Crippen molar-refractivity contribution in [3.8, 4) is 22.9 Å². The average Bonchev–Trinajstić information content (AvgIpc) is 3.10. The Hall–Kier alpha value is -3.87. The van der Waals surface area contributed by atoms with E-state index in [1.54, 1.807) is 44.7 Å². The van der Waals surface area contributed by atoms with Crippen molar-refractivity contribution in [3.05, 3.63) is 66.4 Å². The summed E-state index contributed by atoms with van der Waals surface area (Å²) < 4.78 is 12.4. The number of nitrogens with zero attached hydrogens (tertiary/aromatic N) is 3. The molecule has 0 aliphatic rings. The van der Waals surface area contributed by atoms with E-state index in [9.17, 15) is 4.79 Å². The molecule has 0 radical (unpaired) electrons. The fraction of sp³-hybridized carbons (Fsp3) is 0.136. The third kappa shape index (κ3) is 3.62. The lowest BCUT2D eigenvalue weighted by Gasteiger charge is -2.10. The number of anilines is 1. The molecule has 0 saturated heterocycles. The predicted octanol–water partition coefficient (Wildman–Crippen LogP) is 3.90.